The number of rotatable bonds is 1. The summed E-state index contributed by atoms with van der Waals surface area (Å²) in [5.74, 6) is 0. The van der Waals surface area contributed by atoms with Crippen molar-refractivity contribution in [1.82, 2.24) is 10.3 Å². The molecule has 0 saturated heterocycles. The van der Waals surface area contributed by atoms with E-state index in [2.05, 4.69) is 10.3 Å². The predicted octanol–water partition coefficient (Wildman–Crippen LogP) is 2.45. The molecule has 17 heavy (non-hydrogen) atoms. The molecule has 0 spiro atoms. The molecule has 0 fully saturated rings. The molecule has 6 heteroatoms. The third-order valence-corrected chi connectivity index (χ3v) is 2.93. The van der Waals surface area contributed by atoms with Crippen molar-refractivity contribution in [3.63, 3.8) is 0 Å². The lowest BCUT2D eigenvalue weighted by molar-refractivity contribution is -0.141. The van der Waals surface area contributed by atoms with Crippen LogP contribution in [0.15, 0.2) is 12.3 Å². The molecular formula is C11H13F3N2O. The van der Waals surface area contributed by atoms with E-state index in [1.807, 2.05) is 0 Å². The number of hydrogen-bond donors (Lipinski definition) is 1. The van der Waals surface area contributed by atoms with Crippen LogP contribution >= 0.6 is 0 Å². The molecule has 3 nitrogen and oxygen atoms in total. The van der Waals surface area contributed by atoms with Crippen LogP contribution in [-0.4, -0.2) is 18.6 Å². The predicted molar refractivity (Wildman–Crippen MR) is 55.4 cm³/mol. The fourth-order valence-corrected chi connectivity index (χ4v) is 1.94. The van der Waals surface area contributed by atoms with Gasteiger partial charge in [0.05, 0.1) is 18.8 Å². The first-order valence-corrected chi connectivity index (χ1v) is 5.29. The van der Waals surface area contributed by atoms with Crippen LogP contribution in [0.1, 0.15) is 35.9 Å². The van der Waals surface area contributed by atoms with Crippen molar-refractivity contribution in [2.75, 3.05) is 13.7 Å². The van der Waals surface area contributed by atoms with Gasteiger partial charge >= 0.3 is 6.18 Å². The summed E-state index contributed by atoms with van der Waals surface area (Å²) in [5, 5.41) is 2.99. The van der Waals surface area contributed by atoms with Crippen LogP contribution < -0.4 is 5.32 Å². The number of aromatic nitrogens is 1. The number of nitrogens with zero attached hydrogens (tertiary/aromatic N) is 1. The monoisotopic (exact) mass is 246 g/mol. The molecule has 0 radical (unpaired) electrons. The van der Waals surface area contributed by atoms with Crippen molar-refractivity contribution in [1.29, 1.82) is 0 Å². The first-order chi connectivity index (χ1) is 7.93. The number of hydrogen-bond acceptors (Lipinski definition) is 3. The Bertz CT molecular complexity index is 420. The number of halogens is 3. The third-order valence-electron chi connectivity index (χ3n) is 2.93. The zero-order chi connectivity index (χ0) is 12.6. The molecule has 0 amide bonds. The molecule has 94 valence electrons. The average molecular weight is 246 g/mol. The number of likely N-dealkylation sites (N-methyl/N-ethyl adjacent to an activating group) is 1. The van der Waals surface area contributed by atoms with E-state index in [0.717, 1.165) is 11.6 Å². The molecule has 2 rings (SSSR count). The van der Waals surface area contributed by atoms with E-state index < -0.39 is 11.9 Å². The molecule has 1 aromatic rings. The molecule has 1 aromatic heterocycles. The Hall–Kier alpha value is -1.14. The van der Waals surface area contributed by atoms with Gasteiger partial charge in [-0.3, -0.25) is 4.98 Å². The van der Waals surface area contributed by atoms with Crippen LogP contribution in [-0.2, 0) is 10.9 Å². The lowest BCUT2D eigenvalue weighted by Crippen LogP contribution is -2.29. The summed E-state index contributed by atoms with van der Waals surface area (Å²) in [6.07, 6.45) is -3.46. The summed E-state index contributed by atoms with van der Waals surface area (Å²) in [7, 11) is 1.74. The van der Waals surface area contributed by atoms with E-state index in [9.17, 15) is 13.2 Å². The SMILES string of the molecule is CNC1CO[C@H](C)c2cc(C(F)(F)F)ncc21. The first-order valence-electron chi connectivity index (χ1n) is 5.29. The van der Waals surface area contributed by atoms with Gasteiger partial charge in [-0.05, 0) is 31.2 Å². The second-order valence-corrected chi connectivity index (χ2v) is 4.01. The molecule has 1 aliphatic heterocycles. The van der Waals surface area contributed by atoms with Crippen molar-refractivity contribution in [2.24, 2.45) is 0 Å². The maximum atomic E-state index is 12.5. The minimum absolute atomic E-state index is 0.101. The van der Waals surface area contributed by atoms with E-state index in [1.54, 1.807) is 14.0 Å². The van der Waals surface area contributed by atoms with Gasteiger partial charge in [-0.25, -0.2) is 0 Å². The molecule has 0 aromatic carbocycles. The molecule has 1 unspecified atom stereocenters. The molecule has 1 N–H and O–H groups in total. The minimum atomic E-state index is -4.42. The van der Waals surface area contributed by atoms with Crippen LogP contribution in [0.4, 0.5) is 13.2 Å². The summed E-state index contributed by atoms with van der Waals surface area (Å²) in [4.78, 5) is 3.48. The number of fused-ring (bicyclic) bond motifs is 1. The van der Waals surface area contributed by atoms with Crippen molar-refractivity contribution in [3.8, 4) is 0 Å². The van der Waals surface area contributed by atoms with Gasteiger partial charge in [0.2, 0.25) is 0 Å². The zero-order valence-electron chi connectivity index (χ0n) is 9.51. The summed E-state index contributed by atoms with van der Waals surface area (Å²) >= 11 is 0. The molecule has 2 atom stereocenters. The highest BCUT2D eigenvalue weighted by molar-refractivity contribution is 5.33. The van der Waals surface area contributed by atoms with E-state index >= 15 is 0 Å². The summed E-state index contributed by atoms with van der Waals surface area (Å²) in [6.45, 7) is 2.18. The average Bonchev–Trinajstić information content (AvgIpc) is 2.28. The maximum Gasteiger partial charge on any atom is 0.433 e. The molecular weight excluding hydrogens is 233 g/mol. The summed E-state index contributed by atoms with van der Waals surface area (Å²) < 4.78 is 43.1. The second-order valence-electron chi connectivity index (χ2n) is 4.01. The topological polar surface area (TPSA) is 34.1 Å². The van der Waals surface area contributed by atoms with Crippen LogP contribution in [0.2, 0.25) is 0 Å². The van der Waals surface area contributed by atoms with Gasteiger partial charge in [-0.1, -0.05) is 0 Å². The minimum Gasteiger partial charge on any atom is -0.372 e. The molecule has 0 saturated carbocycles. The Balaban J connectivity index is 2.46. The highest BCUT2D eigenvalue weighted by atomic mass is 19.4. The van der Waals surface area contributed by atoms with Crippen LogP contribution in [0, 0.1) is 0 Å². The van der Waals surface area contributed by atoms with Gasteiger partial charge in [0, 0.05) is 6.20 Å². The maximum absolute atomic E-state index is 12.5. The van der Waals surface area contributed by atoms with Gasteiger partial charge in [0.1, 0.15) is 5.69 Å². The lowest BCUT2D eigenvalue weighted by atomic mass is 9.96. The fraction of sp³-hybridized carbons (Fsp3) is 0.545. The Morgan fingerprint density at radius 3 is 2.71 bits per heavy atom. The second kappa shape index (κ2) is 4.27. The molecule has 0 bridgehead atoms. The highest BCUT2D eigenvalue weighted by Gasteiger charge is 2.35. The van der Waals surface area contributed by atoms with E-state index in [4.69, 9.17) is 4.74 Å². The number of nitrogens with one attached hydrogen (secondary N) is 1. The van der Waals surface area contributed by atoms with Crippen molar-refractivity contribution in [3.05, 3.63) is 29.1 Å². The Morgan fingerprint density at radius 1 is 1.41 bits per heavy atom. The Labute approximate surface area is 97.0 Å². The number of alkyl halides is 3. The lowest BCUT2D eigenvalue weighted by Gasteiger charge is -2.30. The summed E-state index contributed by atoms with van der Waals surface area (Å²) in [5.41, 5.74) is 0.459. The third kappa shape index (κ3) is 2.28. The van der Waals surface area contributed by atoms with Crippen LogP contribution in [0.25, 0.3) is 0 Å². The number of pyridine rings is 1. The van der Waals surface area contributed by atoms with E-state index in [1.165, 1.54) is 6.20 Å². The van der Waals surface area contributed by atoms with Crippen molar-refractivity contribution >= 4 is 0 Å². The zero-order valence-corrected chi connectivity index (χ0v) is 9.51. The van der Waals surface area contributed by atoms with Crippen LogP contribution in [0.5, 0.6) is 0 Å². The smallest absolute Gasteiger partial charge is 0.372 e. The molecule has 0 aliphatic carbocycles. The fourth-order valence-electron chi connectivity index (χ4n) is 1.94. The standard InChI is InChI=1S/C11H13F3N2O/c1-6-7-3-10(11(12,13)14)16-4-8(7)9(15-2)5-17-6/h3-4,6,9,15H,5H2,1-2H3/t6-,9?/m1/s1. The van der Waals surface area contributed by atoms with Crippen molar-refractivity contribution in [2.45, 2.75) is 25.2 Å². The van der Waals surface area contributed by atoms with Gasteiger partial charge in [-0.15, -0.1) is 0 Å². The van der Waals surface area contributed by atoms with Gasteiger partial charge in [0.25, 0.3) is 0 Å². The van der Waals surface area contributed by atoms with E-state index in [0.29, 0.717) is 12.2 Å². The van der Waals surface area contributed by atoms with Gasteiger partial charge in [0.15, 0.2) is 0 Å². The quantitative estimate of drug-likeness (QED) is 0.826. The van der Waals surface area contributed by atoms with Gasteiger partial charge in [-0.2, -0.15) is 13.2 Å². The number of ether oxygens (including phenoxy) is 1. The van der Waals surface area contributed by atoms with Crippen molar-refractivity contribution < 1.29 is 17.9 Å². The van der Waals surface area contributed by atoms with Gasteiger partial charge < -0.3 is 10.1 Å². The largest absolute Gasteiger partial charge is 0.433 e. The van der Waals surface area contributed by atoms with E-state index in [-0.39, 0.29) is 12.1 Å². The van der Waals surface area contributed by atoms with Crippen LogP contribution in [0.3, 0.4) is 0 Å². The molecule has 1 aliphatic rings. The normalized spacial score (nSPS) is 24.5. The molecule has 2 heterocycles. The highest BCUT2D eigenvalue weighted by Crippen LogP contribution is 2.35. The Morgan fingerprint density at radius 2 is 2.12 bits per heavy atom. The Kier molecular flexibility index (Phi) is 3.09. The first kappa shape index (κ1) is 12.3. The summed E-state index contributed by atoms with van der Waals surface area (Å²) in [6, 6.07) is 0.972.